The van der Waals surface area contributed by atoms with Crippen molar-refractivity contribution in [2.24, 2.45) is 0 Å². The zero-order chi connectivity index (χ0) is 14.5. The zero-order valence-corrected chi connectivity index (χ0v) is 12.9. The molecule has 1 aliphatic heterocycles. The normalized spacial score (nSPS) is 16.7. The lowest BCUT2D eigenvalue weighted by Gasteiger charge is -2.29. The van der Waals surface area contributed by atoms with Gasteiger partial charge in [-0.15, -0.1) is 0 Å². The van der Waals surface area contributed by atoms with Crippen LogP contribution in [0, 0.1) is 0 Å². The second kappa shape index (κ2) is 7.03. The fraction of sp³-hybridized carbons (Fsp3) is 0.444. The summed E-state index contributed by atoms with van der Waals surface area (Å²) in [6.07, 6.45) is 0. The molecule has 0 aromatic heterocycles. The SMILES string of the molecule is CN(CCN1CCNCC1)Cc1ccc2ccccc2c1. The highest BCUT2D eigenvalue weighted by atomic mass is 15.2. The molecule has 2 aromatic carbocycles. The molecule has 1 heterocycles. The highest BCUT2D eigenvalue weighted by Gasteiger charge is 2.10. The predicted octanol–water partition coefficient (Wildman–Crippen LogP) is 2.18. The van der Waals surface area contributed by atoms with Crippen molar-refractivity contribution in [1.82, 2.24) is 15.1 Å². The maximum Gasteiger partial charge on any atom is 0.0231 e. The molecule has 1 aliphatic rings. The van der Waals surface area contributed by atoms with E-state index in [1.165, 1.54) is 36.0 Å². The Kier molecular flexibility index (Phi) is 4.86. The highest BCUT2D eigenvalue weighted by molar-refractivity contribution is 5.82. The largest absolute Gasteiger partial charge is 0.314 e. The third-order valence-corrected chi connectivity index (χ3v) is 4.27. The third kappa shape index (κ3) is 4.03. The molecule has 0 saturated carbocycles. The van der Waals surface area contributed by atoms with Gasteiger partial charge in [0.05, 0.1) is 0 Å². The first-order valence-electron chi connectivity index (χ1n) is 7.90. The summed E-state index contributed by atoms with van der Waals surface area (Å²) in [5.41, 5.74) is 1.40. The molecule has 0 radical (unpaired) electrons. The summed E-state index contributed by atoms with van der Waals surface area (Å²) in [7, 11) is 2.22. The second-order valence-electron chi connectivity index (χ2n) is 6.01. The molecule has 0 amide bonds. The van der Waals surface area contributed by atoms with Gasteiger partial charge in [-0.25, -0.2) is 0 Å². The van der Waals surface area contributed by atoms with Crippen LogP contribution in [0.25, 0.3) is 10.8 Å². The van der Waals surface area contributed by atoms with Gasteiger partial charge in [-0.1, -0.05) is 36.4 Å². The standard InChI is InChI=1S/C18H25N3/c1-20(12-13-21-10-8-19-9-11-21)15-16-6-7-17-4-2-3-5-18(17)14-16/h2-7,14,19H,8-13,15H2,1H3. The minimum atomic E-state index is 1.02. The lowest BCUT2D eigenvalue weighted by Crippen LogP contribution is -2.45. The van der Waals surface area contributed by atoms with Gasteiger partial charge in [0.2, 0.25) is 0 Å². The van der Waals surface area contributed by atoms with Crippen LogP contribution in [0.5, 0.6) is 0 Å². The number of nitrogens with one attached hydrogen (secondary N) is 1. The summed E-state index contributed by atoms with van der Waals surface area (Å²) in [6.45, 7) is 7.96. The lowest BCUT2D eigenvalue weighted by molar-refractivity contribution is 0.202. The maximum atomic E-state index is 3.40. The predicted molar refractivity (Wildman–Crippen MR) is 89.6 cm³/mol. The van der Waals surface area contributed by atoms with Crippen LogP contribution in [0.2, 0.25) is 0 Å². The first kappa shape index (κ1) is 14.5. The van der Waals surface area contributed by atoms with Crippen LogP contribution in [0.3, 0.4) is 0 Å². The number of nitrogens with zero attached hydrogens (tertiary/aromatic N) is 2. The Labute approximate surface area is 127 Å². The van der Waals surface area contributed by atoms with Gasteiger partial charge < -0.3 is 10.2 Å². The number of likely N-dealkylation sites (N-methyl/N-ethyl adjacent to an activating group) is 1. The Morgan fingerprint density at radius 2 is 1.81 bits per heavy atom. The number of benzene rings is 2. The molecule has 0 bridgehead atoms. The minimum absolute atomic E-state index is 1.02. The van der Waals surface area contributed by atoms with Gasteiger partial charge in [-0.05, 0) is 29.4 Å². The zero-order valence-electron chi connectivity index (χ0n) is 12.9. The summed E-state index contributed by atoms with van der Waals surface area (Å²) in [4.78, 5) is 4.97. The van der Waals surface area contributed by atoms with E-state index < -0.39 is 0 Å². The van der Waals surface area contributed by atoms with E-state index in [-0.39, 0.29) is 0 Å². The molecule has 1 saturated heterocycles. The van der Waals surface area contributed by atoms with Gasteiger partial charge in [0, 0.05) is 45.8 Å². The molecule has 3 nitrogen and oxygen atoms in total. The number of hydrogen-bond donors (Lipinski definition) is 1. The Bertz CT molecular complexity index is 575. The maximum absolute atomic E-state index is 3.40. The van der Waals surface area contributed by atoms with E-state index >= 15 is 0 Å². The van der Waals surface area contributed by atoms with Crippen molar-refractivity contribution in [1.29, 1.82) is 0 Å². The average Bonchev–Trinajstić information content (AvgIpc) is 2.54. The van der Waals surface area contributed by atoms with Gasteiger partial charge in [0.25, 0.3) is 0 Å². The van der Waals surface area contributed by atoms with Crippen molar-refractivity contribution in [2.45, 2.75) is 6.54 Å². The number of hydrogen-bond acceptors (Lipinski definition) is 3. The van der Waals surface area contributed by atoms with Gasteiger partial charge >= 0.3 is 0 Å². The topological polar surface area (TPSA) is 18.5 Å². The fourth-order valence-electron chi connectivity index (χ4n) is 2.97. The van der Waals surface area contributed by atoms with Crippen LogP contribution in [-0.4, -0.2) is 56.1 Å². The van der Waals surface area contributed by atoms with E-state index in [0.29, 0.717) is 0 Å². The second-order valence-corrected chi connectivity index (χ2v) is 6.01. The van der Waals surface area contributed by atoms with Gasteiger partial charge in [0.1, 0.15) is 0 Å². The van der Waals surface area contributed by atoms with Crippen LogP contribution >= 0.6 is 0 Å². The molecule has 21 heavy (non-hydrogen) atoms. The molecular weight excluding hydrogens is 258 g/mol. The highest BCUT2D eigenvalue weighted by Crippen LogP contribution is 2.16. The molecule has 3 heteroatoms. The van der Waals surface area contributed by atoms with E-state index in [1.807, 2.05) is 0 Å². The molecule has 0 aliphatic carbocycles. The van der Waals surface area contributed by atoms with Crippen LogP contribution in [0.1, 0.15) is 5.56 Å². The fourth-order valence-corrected chi connectivity index (χ4v) is 2.97. The summed E-state index contributed by atoms with van der Waals surface area (Å²) in [5.74, 6) is 0. The smallest absolute Gasteiger partial charge is 0.0231 e. The summed E-state index contributed by atoms with van der Waals surface area (Å²) < 4.78 is 0. The summed E-state index contributed by atoms with van der Waals surface area (Å²) >= 11 is 0. The molecule has 2 aromatic rings. The van der Waals surface area contributed by atoms with Gasteiger partial charge in [-0.3, -0.25) is 4.90 Å². The van der Waals surface area contributed by atoms with Crippen molar-refractivity contribution >= 4 is 10.8 Å². The van der Waals surface area contributed by atoms with E-state index in [9.17, 15) is 0 Å². The van der Waals surface area contributed by atoms with Crippen molar-refractivity contribution in [3.8, 4) is 0 Å². The third-order valence-electron chi connectivity index (χ3n) is 4.27. The van der Waals surface area contributed by atoms with E-state index in [4.69, 9.17) is 0 Å². The van der Waals surface area contributed by atoms with Crippen LogP contribution in [0.4, 0.5) is 0 Å². The number of rotatable bonds is 5. The molecule has 112 valence electrons. The summed E-state index contributed by atoms with van der Waals surface area (Å²) in [6, 6.07) is 15.4. The summed E-state index contributed by atoms with van der Waals surface area (Å²) in [5, 5.41) is 6.07. The van der Waals surface area contributed by atoms with E-state index in [0.717, 1.165) is 26.2 Å². The lowest BCUT2D eigenvalue weighted by atomic mass is 10.1. The molecule has 1 N–H and O–H groups in total. The minimum Gasteiger partial charge on any atom is -0.314 e. The first-order chi connectivity index (χ1) is 10.3. The van der Waals surface area contributed by atoms with Crippen molar-refractivity contribution < 1.29 is 0 Å². The van der Waals surface area contributed by atoms with Crippen molar-refractivity contribution in [3.63, 3.8) is 0 Å². The molecule has 0 spiro atoms. The van der Waals surface area contributed by atoms with E-state index in [2.05, 4.69) is 64.6 Å². The quantitative estimate of drug-likeness (QED) is 0.907. The van der Waals surface area contributed by atoms with Crippen LogP contribution in [0.15, 0.2) is 42.5 Å². The Balaban J connectivity index is 1.54. The first-order valence-corrected chi connectivity index (χ1v) is 7.90. The number of piperazine rings is 1. The average molecular weight is 283 g/mol. The van der Waals surface area contributed by atoms with Crippen molar-refractivity contribution in [2.75, 3.05) is 46.3 Å². The van der Waals surface area contributed by atoms with Gasteiger partial charge in [0.15, 0.2) is 0 Å². The number of fused-ring (bicyclic) bond motifs is 1. The molecule has 0 atom stereocenters. The molecular formula is C18H25N3. The Morgan fingerprint density at radius 3 is 2.62 bits per heavy atom. The monoisotopic (exact) mass is 283 g/mol. The molecule has 1 fully saturated rings. The van der Waals surface area contributed by atoms with Crippen LogP contribution in [-0.2, 0) is 6.54 Å². The Morgan fingerprint density at radius 1 is 1.05 bits per heavy atom. The molecule has 0 unspecified atom stereocenters. The molecule has 3 rings (SSSR count). The van der Waals surface area contributed by atoms with Gasteiger partial charge in [-0.2, -0.15) is 0 Å². The van der Waals surface area contributed by atoms with E-state index in [1.54, 1.807) is 0 Å². The van der Waals surface area contributed by atoms with Crippen LogP contribution < -0.4 is 5.32 Å². The van der Waals surface area contributed by atoms with Crippen molar-refractivity contribution in [3.05, 3.63) is 48.0 Å². The Hall–Kier alpha value is -1.42.